The van der Waals surface area contributed by atoms with Gasteiger partial charge in [0.15, 0.2) is 0 Å². The number of rotatable bonds is 12. The van der Waals surface area contributed by atoms with Crippen molar-refractivity contribution in [2.75, 3.05) is 19.7 Å². The number of carbonyl (C=O) groups is 4. The fraction of sp³-hybridized carbons (Fsp3) is 0.387. The summed E-state index contributed by atoms with van der Waals surface area (Å²) in [5.41, 5.74) is 0.555. The van der Waals surface area contributed by atoms with Crippen LogP contribution in [0.2, 0.25) is 0 Å². The molecule has 0 fully saturated rings. The quantitative estimate of drug-likeness (QED) is 0.231. The zero-order chi connectivity index (χ0) is 30.4. The lowest BCUT2D eigenvalue weighted by Crippen LogP contribution is -2.54. The number of nitrogens with one attached hydrogen (secondary N) is 2. The summed E-state index contributed by atoms with van der Waals surface area (Å²) in [5.74, 6) is 0.671. The number of hydrogen-bond donors (Lipinski definition) is 2. The summed E-state index contributed by atoms with van der Waals surface area (Å²) >= 11 is 0. The molecule has 2 aromatic carbocycles. The molecule has 0 saturated heterocycles. The van der Waals surface area contributed by atoms with Crippen LogP contribution in [0.5, 0.6) is 0 Å². The molecule has 0 radical (unpaired) electrons. The summed E-state index contributed by atoms with van der Waals surface area (Å²) < 4.78 is 10.3. The lowest BCUT2D eigenvalue weighted by atomic mass is 9.96. The van der Waals surface area contributed by atoms with Crippen LogP contribution in [0.1, 0.15) is 56.8 Å². The molecular formula is C31H36N4O6. The van der Waals surface area contributed by atoms with Crippen molar-refractivity contribution >= 4 is 23.9 Å². The highest BCUT2D eigenvalue weighted by Crippen LogP contribution is 2.26. The van der Waals surface area contributed by atoms with E-state index in [9.17, 15) is 24.4 Å². The van der Waals surface area contributed by atoms with Crippen LogP contribution in [-0.2, 0) is 30.3 Å². The Hall–Kier alpha value is -4.83. The van der Waals surface area contributed by atoms with E-state index >= 15 is 0 Å². The number of benzene rings is 2. The van der Waals surface area contributed by atoms with Gasteiger partial charge in [0.1, 0.15) is 24.2 Å². The Bertz CT molecular complexity index is 1290. The molecule has 2 aromatic rings. The van der Waals surface area contributed by atoms with Crippen molar-refractivity contribution in [1.29, 1.82) is 5.26 Å². The third-order valence-corrected chi connectivity index (χ3v) is 5.70. The standard InChI is InChI=1S/C31H36N4O6/c1-6-23-15-11-12-16-24(23)27(28(37)33-19-17-26(36)40-7-2)35(20-18-32)29(38)25(21-22-13-9-8-10-14-22)34-30(39)41-31(3,4)5/h1,8-16,25,27H,7,17,19-21H2,2-5H3,(H,33,37)(H,34,39). The molecule has 0 aliphatic carbocycles. The molecule has 3 amide bonds. The summed E-state index contributed by atoms with van der Waals surface area (Å²) in [6, 6.07) is 15.0. The highest BCUT2D eigenvalue weighted by molar-refractivity contribution is 5.93. The van der Waals surface area contributed by atoms with Crippen LogP contribution < -0.4 is 10.6 Å². The summed E-state index contributed by atoms with van der Waals surface area (Å²) in [5, 5.41) is 15.0. The fourth-order valence-electron chi connectivity index (χ4n) is 4.01. The van der Waals surface area contributed by atoms with Gasteiger partial charge in [0, 0.05) is 18.5 Å². The van der Waals surface area contributed by atoms with Crippen LogP contribution in [0.3, 0.4) is 0 Å². The van der Waals surface area contributed by atoms with Crippen LogP contribution in [-0.4, -0.2) is 60.1 Å². The predicted octanol–water partition coefficient (Wildman–Crippen LogP) is 3.27. The molecule has 2 unspecified atom stereocenters. The first-order chi connectivity index (χ1) is 19.5. The second-order valence-corrected chi connectivity index (χ2v) is 9.99. The first-order valence-electron chi connectivity index (χ1n) is 13.2. The first kappa shape index (κ1) is 32.4. The SMILES string of the molecule is C#Cc1ccccc1C(C(=O)NCCC(=O)OCC)N(CC#N)C(=O)C(Cc1ccccc1)NC(=O)OC(C)(C)C. The van der Waals surface area contributed by atoms with E-state index in [0.717, 1.165) is 10.5 Å². The topological polar surface area (TPSA) is 138 Å². The van der Waals surface area contributed by atoms with E-state index in [0.29, 0.717) is 11.1 Å². The third kappa shape index (κ3) is 10.3. The van der Waals surface area contributed by atoms with Crippen LogP contribution in [0.4, 0.5) is 4.79 Å². The first-order valence-corrected chi connectivity index (χ1v) is 13.2. The maximum Gasteiger partial charge on any atom is 0.408 e. The predicted molar refractivity (Wildman–Crippen MR) is 152 cm³/mol. The molecule has 2 rings (SSSR count). The third-order valence-electron chi connectivity index (χ3n) is 5.70. The highest BCUT2D eigenvalue weighted by Gasteiger charge is 2.37. The van der Waals surface area contributed by atoms with Crippen LogP contribution in [0.15, 0.2) is 54.6 Å². The Kier molecular flexibility index (Phi) is 12.4. The number of amides is 3. The van der Waals surface area contributed by atoms with Crippen LogP contribution >= 0.6 is 0 Å². The second kappa shape index (κ2) is 15.7. The van der Waals surface area contributed by atoms with Crippen molar-refractivity contribution in [1.82, 2.24) is 15.5 Å². The van der Waals surface area contributed by atoms with Crippen molar-refractivity contribution in [3.63, 3.8) is 0 Å². The molecule has 0 aliphatic rings. The van der Waals surface area contributed by atoms with E-state index < -0.39 is 48.1 Å². The molecule has 41 heavy (non-hydrogen) atoms. The number of ether oxygens (including phenoxy) is 2. The number of terminal acetylenes is 1. The highest BCUT2D eigenvalue weighted by atomic mass is 16.6. The molecular weight excluding hydrogens is 524 g/mol. The number of nitrogens with zero attached hydrogens (tertiary/aromatic N) is 2. The molecule has 0 aliphatic heterocycles. The largest absolute Gasteiger partial charge is 0.466 e. The van der Waals surface area contributed by atoms with Gasteiger partial charge < -0.3 is 25.0 Å². The van der Waals surface area contributed by atoms with Crippen molar-refractivity contribution in [2.24, 2.45) is 0 Å². The summed E-state index contributed by atoms with van der Waals surface area (Å²) in [4.78, 5) is 53.4. The van der Waals surface area contributed by atoms with Crippen molar-refractivity contribution in [2.45, 2.75) is 58.2 Å². The van der Waals surface area contributed by atoms with E-state index in [1.54, 1.807) is 76.2 Å². The van der Waals surface area contributed by atoms with Crippen LogP contribution in [0.25, 0.3) is 0 Å². The average Bonchev–Trinajstić information content (AvgIpc) is 2.92. The number of hydrogen-bond acceptors (Lipinski definition) is 7. The van der Waals surface area contributed by atoms with Crippen molar-refractivity contribution in [3.05, 3.63) is 71.3 Å². The normalized spacial score (nSPS) is 12.0. The Morgan fingerprint density at radius 1 is 1.05 bits per heavy atom. The molecule has 216 valence electrons. The minimum Gasteiger partial charge on any atom is -0.466 e. The van der Waals surface area contributed by atoms with Gasteiger partial charge in [0.2, 0.25) is 11.8 Å². The van der Waals surface area contributed by atoms with Gasteiger partial charge in [-0.05, 0) is 44.9 Å². The van der Waals surface area contributed by atoms with Gasteiger partial charge in [-0.15, -0.1) is 6.42 Å². The number of esters is 1. The maximum absolute atomic E-state index is 14.1. The smallest absolute Gasteiger partial charge is 0.408 e. The summed E-state index contributed by atoms with van der Waals surface area (Å²) in [6.45, 7) is 6.39. The van der Waals surface area contributed by atoms with Crippen molar-refractivity contribution < 1.29 is 28.7 Å². The molecule has 10 nitrogen and oxygen atoms in total. The summed E-state index contributed by atoms with van der Waals surface area (Å²) in [6.07, 6.45) is 4.86. The van der Waals surface area contributed by atoms with Gasteiger partial charge in [0.05, 0.1) is 19.1 Å². The number of carbonyl (C=O) groups excluding carboxylic acids is 4. The Morgan fingerprint density at radius 2 is 1.71 bits per heavy atom. The van der Waals surface area contributed by atoms with E-state index in [-0.39, 0.29) is 26.0 Å². The van der Waals surface area contributed by atoms with Gasteiger partial charge in [-0.25, -0.2) is 4.79 Å². The lowest BCUT2D eigenvalue weighted by Gasteiger charge is -2.33. The number of alkyl carbamates (subject to hydrolysis) is 1. The van der Waals surface area contributed by atoms with Gasteiger partial charge in [0.25, 0.3) is 0 Å². The van der Waals surface area contributed by atoms with Gasteiger partial charge >= 0.3 is 12.1 Å². The molecule has 0 bridgehead atoms. The Labute approximate surface area is 241 Å². The van der Waals surface area contributed by atoms with Crippen molar-refractivity contribution in [3.8, 4) is 18.4 Å². The number of nitriles is 1. The maximum atomic E-state index is 14.1. The molecule has 0 spiro atoms. The Morgan fingerprint density at radius 3 is 2.32 bits per heavy atom. The van der Waals surface area contributed by atoms with Gasteiger partial charge in [-0.3, -0.25) is 14.4 Å². The minimum absolute atomic E-state index is 0.0643. The zero-order valence-corrected chi connectivity index (χ0v) is 23.8. The fourth-order valence-corrected chi connectivity index (χ4v) is 4.01. The molecule has 2 N–H and O–H groups in total. The molecule has 0 aromatic heterocycles. The van der Waals surface area contributed by atoms with E-state index in [1.807, 2.05) is 12.1 Å². The van der Waals surface area contributed by atoms with E-state index in [4.69, 9.17) is 15.9 Å². The molecule has 10 heteroatoms. The monoisotopic (exact) mass is 560 g/mol. The lowest BCUT2D eigenvalue weighted by molar-refractivity contribution is -0.144. The van der Waals surface area contributed by atoms with Gasteiger partial charge in [-0.2, -0.15) is 5.26 Å². The zero-order valence-electron chi connectivity index (χ0n) is 23.8. The van der Waals surface area contributed by atoms with Gasteiger partial charge in [-0.1, -0.05) is 54.5 Å². The van der Waals surface area contributed by atoms with E-state index in [1.165, 1.54) is 0 Å². The summed E-state index contributed by atoms with van der Waals surface area (Å²) in [7, 11) is 0. The van der Waals surface area contributed by atoms with E-state index in [2.05, 4.69) is 16.6 Å². The second-order valence-electron chi connectivity index (χ2n) is 9.99. The molecule has 0 heterocycles. The molecule has 0 saturated carbocycles. The minimum atomic E-state index is -1.34. The average molecular weight is 561 g/mol. The molecule has 2 atom stereocenters. The Balaban J connectivity index is 2.52. The van der Waals surface area contributed by atoms with Crippen LogP contribution in [0, 0.1) is 23.7 Å².